The molecule has 0 saturated heterocycles. The molecule has 4 N–H and O–H groups in total. The van der Waals surface area contributed by atoms with Crippen LogP contribution in [0.3, 0.4) is 0 Å². The van der Waals surface area contributed by atoms with E-state index in [1.807, 2.05) is 18.2 Å². The molecule has 0 aliphatic rings. The first-order valence-corrected chi connectivity index (χ1v) is 13.0. The number of hydrogen-bond donors (Lipinski definition) is 2. The molecule has 0 aliphatic carbocycles. The number of halogens is 5. The highest BCUT2D eigenvalue weighted by molar-refractivity contribution is 9.10. The van der Waals surface area contributed by atoms with Gasteiger partial charge in [-0.15, -0.1) is 0 Å². The Kier molecular flexibility index (Phi) is 11.0. The fourth-order valence-electron chi connectivity index (χ4n) is 3.36. The van der Waals surface area contributed by atoms with Crippen molar-refractivity contribution in [2.24, 2.45) is 11.5 Å². The van der Waals surface area contributed by atoms with Crippen LogP contribution in [0.4, 0.5) is 8.78 Å². The number of nitrogens with two attached hydrogens (primary N) is 2. The van der Waals surface area contributed by atoms with Gasteiger partial charge in [0.05, 0.1) is 44.9 Å². The predicted molar refractivity (Wildman–Crippen MR) is 153 cm³/mol. The molecule has 4 rings (SSSR count). The number of rotatable bonds is 6. The van der Waals surface area contributed by atoms with Gasteiger partial charge in [0.25, 0.3) is 0 Å². The molecule has 0 amide bonds. The molecule has 206 valence electrons. The molecule has 0 bridgehead atoms. The fraction of sp³-hybridized carbons (Fsp3) is 0.0690. The van der Waals surface area contributed by atoms with Crippen molar-refractivity contribution in [2.75, 3.05) is 0 Å². The van der Waals surface area contributed by atoms with E-state index < -0.39 is 11.6 Å². The number of benzene rings is 4. The maximum absolute atomic E-state index is 14.2. The average Bonchev–Trinajstić information content (AvgIpc) is 2.97. The Labute approximate surface area is 252 Å². The Hall–Kier alpha value is -4.21. The Morgan fingerprint density at radius 3 is 1.44 bits per heavy atom. The van der Waals surface area contributed by atoms with Crippen LogP contribution in [0.1, 0.15) is 27.8 Å². The first kappa shape index (κ1) is 31.3. The first-order chi connectivity index (χ1) is 19.6. The molecule has 0 unspecified atom stereocenters. The fourth-order valence-corrected chi connectivity index (χ4v) is 4.20. The highest BCUT2D eigenvalue weighted by Gasteiger charge is 2.16. The van der Waals surface area contributed by atoms with Gasteiger partial charge in [-0.25, -0.2) is 8.78 Å². The van der Waals surface area contributed by atoms with E-state index in [-0.39, 0.29) is 57.1 Å². The highest BCUT2D eigenvalue weighted by Crippen LogP contribution is 2.36. The topological polar surface area (TPSA) is 142 Å². The summed E-state index contributed by atoms with van der Waals surface area (Å²) >= 11 is 15.1. The number of ether oxygens (including phenoxy) is 2. The summed E-state index contributed by atoms with van der Waals surface area (Å²) in [6.07, 6.45) is 0. The van der Waals surface area contributed by atoms with E-state index in [2.05, 4.69) is 15.9 Å². The second-order valence-electron chi connectivity index (χ2n) is 8.07. The summed E-state index contributed by atoms with van der Waals surface area (Å²) in [5.41, 5.74) is 12.3. The lowest BCUT2D eigenvalue weighted by Crippen LogP contribution is -2.02. The molecular formula is C29H18BrCl2F2N5O2. The first-order valence-electron chi connectivity index (χ1n) is 11.5. The van der Waals surface area contributed by atoms with E-state index in [9.17, 15) is 8.78 Å². The van der Waals surface area contributed by atoms with Crippen molar-refractivity contribution in [3.8, 4) is 41.2 Å². The van der Waals surface area contributed by atoms with Crippen molar-refractivity contribution >= 4 is 39.1 Å². The van der Waals surface area contributed by atoms with Crippen LogP contribution in [-0.4, -0.2) is 0 Å². The molecule has 0 radical (unpaired) electrons. The summed E-state index contributed by atoms with van der Waals surface area (Å²) < 4.78 is 39.8. The molecule has 0 aromatic heterocycles. The minimum Gasteiger partial charge on any atom is -0.453 e. The van der Waals surface area contributed by atoms with Crippen LogP contribution >= 0.6 is 39.1 Å². The second kappa shape index (κ2) is 14.4. The monoisotopic (exact) mass is 655 g/mol. The molecule has 0 aliphatic heterocycles. The van der Waals surface area contributed by atoms with Gasteiger partial charge in [-0.2, -0.15) is 15.8 Å². The lowest BCUT2D eigenvalue weighted by molar-refractivity contribution is 0.438. The molecule has 0 spiro atoms. The van der Waals surface area contributed by atoms with E-state index in [4.69, 9.17) is 59.9 Å². The van der Waals surface area contributed by atoms with Crippen molar-refractivity contribution in [1.82, 2.24) is 0 Å². The Balaban J connectivity index is 0.000000226. The SMILES string of the molecule is N#Cc1cc(Br)cc(Oc2c(Cl)ccc(CN)c2F)c1.N#Cc1cc(C#N)cc(Oc2c(Cl)ccc(CN)c2F)c1. The Morgan fingerprint density at radius 2 is 1.05 bits per heavy atom. The van der Waals surface area contributed by atoms with Crippen LogP contribution in [-0.2, 0) is 13.1 Å². The minimum atomic E-state index is -0.661. The van der Waals surface area contributed by atoms with Gasteiger partial charge in [-0.1, -0.05) is 51.3 Å². The van der Waals surface area contributed by atoms with E-state index in [1.54, 1.807) is 12.1 Å². The number of nitriles is 3. The molecule has 0 atom stereocenters. The van der Waals surface area contributed by atoms with Crippen molar-refractivity contribution < 1.29 is 18.3 Å². The zero-order valence-corrected chi connectivity index (χ0v) is 24.0. The van der Waals surface area contributed by atoms with Crippen molar-refractivity contribution in [3.63, 3.8) is 0 Å². The van der Waals surface area contributed by atoms with Crippen LogP contribution in [0.5, 0.6) is 23.0 Å². The van der Waals surface area contributed by atoms with E-state index in [0.29, 0.717) is 21.3 Å². The van der Waals surface area contributed by atoms with Crippen molar-refractivity contribution in [3.05, 3.63) is 115 Å². The van der Waals surface area contributed by atoms with Gasteiger partial charge in [-0.3, -0.25) is 0 Å². The van der Waals surface area contributed by atoms with Gasteiger partial charge in [0.2, 0.25) is 0 Å². The largest absolute Gasteiger partial charge is 0.453 e. The standard InChI is InChI=1S/C15H9ClFN3O.C14H9BrClFN2O/c16-13-2-1-11(8-20)14(17)15(13)21-12-4-9(6-18)3-10(5-12)7-19;15-10-3-8(6-18)4-11(5-10)20-14-12(16)2-1-9(7-19)13(14)17/h1-5H,8,20H2;1-5H,7,19H2. The molecular weight excluding hydrogens is 639 g/mol. The van der Waals surface area contributed by atoms with Gasteiger partial charge < -0.3 is 20.9 Å². The third kappa shape index (κ3) is 7.93. The third-order valence-electron chi connectivity index (χ3n) is 5.30. The van der Waals surface area contributed by atoms with E-state index in [1.165, 1.54) is 48.5 Å². The quantitative estimate of drug-likeness (QED) is 0.215. The second-order valence-corrected chi connectivity index (χ2v) is 9.80. The third-order valence-corrected chi connectivity index (χ3v) is 6.36. The number of nitrogens with zero attached hydrogens (tertiary/aromatic N) is 3. The summed E-state index contributed by atoms with van der Waals surface area (Å²) in [4.78, 5) is 0. The molecule has 4 aromatic rings. The van der Waals surface area contributed by atoms with Gasteiger partial charge in [0.1, 0.15) is 11.5 Å². The maximum Gasteiger partial charge on any atom is 0.181 e. The lowest BCUT2D eigenvalue weighted by Gasteiger charge is -2.11. The van der Waals surface area contributed by atoms with E-state index >= 15 is 0 Å². The summed E-state index contributed by atoms with van der Waals surface area (Å²) in [5, 5.41) is 26.9. The van der Waals surface area contributed by atoms with Crippen LogP contribution in [0.2, 0.25) is 10.0 Å². The van der Waals surface area contributed by atoms with Crippen LogP contribution in [0.15, 0.2) is 65.1 Å². The zero-order chi connectivity index (χ0) is 30.1. The molecule has 12 heteroatoms. The van der Waals surface area contributed by atoms with Gasteiger partial charge in [0.15, 0.2) is 23.1 Å². The van der Waals surface area contributed by atoms with Crippen LogP contribution in [0, 0.1) is 45.6 Å². The molecule has 41 heavy (non-hydrogen) atoms. The molecule has 7 nitrogen and oxygen atoms in total. The molecule has 0 saturated carbocycles. The average molecular weight is 657 g/mol. The van der Waals surface area contributed by atoms with Crippen LogP contribution in [0.25, 0.3) is 0 Å². The Morgan fingerprint density at radius 1 is 0.659 bits per heavy atom. The summed E-state index contributed by atoms with van der Waals surface area (Å²) in [6, 6.07) is 20.7. The van der Waals surface area contributed by atoms with Gasteiger partial charge in [-0.05, 0) is 48.5 Å². The van der Waals surface area contributed by atoms with Crippen molar-refractivity contribution in [2.45, 2.75) is 13.1 Å². The van der Waals surface area contributed by atoms with Crippen molar-refractivity contribution in [1.29, 1.82) is 15.8 Å². The molecule has 0 heterocycles. The summed E-state index contributed by atoms with van der Waals surface area (Å²) in [6.45, 7) is 0.0440. The highest BCUT2D eigenvalue weighted by atomic mass is 79.9. The van der Waals surface area contributed by atoms with Crippen LogP contribution < -0.4 is 20.9 Å². The van der Waals surface area contributed by atoms with Gasteiger partial charge >= 0.3 is 0 Å². The molecule has 0 fully saturated rings. The Bertz CT molecular complexity index is 1700. The molecule has 4 aromatic carbocycles. The smallest absolute Gasteiger partial charge is 0.181 e. The minimum absolute atomic E-state index is 0.00103. The summed E-state index contributed by atoms with van der Waals surface area (Å²) in [7, 11) is 0. The normalized spacial score (nSPS) is 9.95. The van der Waals surface area contributed by atoms with Gasteiger partial charge in [0, 0.05) is 28.7 Å². The number of hydrogen-bond acceptors (Lipinski definition) is 7. The van der Waals surface area contributed by atoms with E-state index in [0.717, 1.165) is 0 Å². The maximum atomic E-state index is 14.2. The lowest BCUT2D eigenvalue weighted by atomic mass is 10.1. The zero-order valence-electron chi connectivity index (χ0n) is 20.9. The predicted octanol–water partition coefficient (Wildman–Crippen LogP) is 7.84. The summed E-state index contributed by atoms with van der Waals surface area (Å²) in [5.74, 6) is -1.08.